The minimum Gasteiger partial charge on any atom is -0.444 e. The van der Waals surface area contributed by atoms with Crippen molar-refractivity contribution < 1.29 is 18.7 Å². The van der Waals surface area contributed by atoms with Crippen LogP contribution in [0.5, 0.6) is 0 Å². The molecule has 1 saturated carbocycles. The van der Waals surface area contributed by atoms with Crippen molar-refractivity contribution in [3.63, 3.8) is 0 Å². The Morgan fingerprint density at radius 1 is 1.03 bits per heavy atom. The first-order valence-electron chi connectivity index (χ1n) is 13.4. The van der Waals surface area contributed by atoms with Crippen LogP contribution < -0.4 is 5.32 Å². The van der Waals surface area contributed by atoms with E-state index < -0.39 is 5.60 Å². The summed E-state index contributed by atoms with van der Waals surface area (Å²) in [6.45, 7) is 8.95. The van der Waals surface area contributed by atoms with Gasteiger partial charge in [-0.05, 0) is 82.1 Å². The molecule has 0 aromatic heterocycles. The average Bonchev–Trinajstić information content (AvgIpc) is 2.84. The van der Waals surface area contributed by atoms with Gasteiger partial charge in [0.2, 0.25) is 0 Å². The van der Waals surface area contributed by atoms with E-state index in [2.05, 4.69) is 34.5 Å². The summed E-state index contributed by atoms with van der Waals surface area (Å²) in [5.74, 6) is 0.431. The van der Waals surface area contributed by atoms with Crippen molar-refractivity contribution in [2.45, 2.75) is 83.1 Å². The lowest BCUT2D eigenvalue weighted by molar-refractivity contribution is -0.0220. The van der Waals surface area contributed by atoms with Gasteiger partial charge in [0.25, 0.3) is 0 Å². The van der Waals surface area contributed by atoms with Crippen LogP contribution in [0, 0.1) is 11.7 Å². The molecule has 0 spiro atoms. The van der Waals surface area contributed by atoms with Gasteiger partial charge >= 0.3 is 6.09 Å². The quantitative estimate of drug-likeness (QED) is 0.490. The maximum absolute atomic E-state index is 13.6. The van der Waals surface area contributed by atoms with Crippen molar-refractivity contribution in [1.82, 2.24) is 10.2 Å². The third-order valence-corrected chi connectivity index (χ3v) is 7.31. The predicted molar refractivity (Wildman–Crippen MR) is 140 cm³/mol. The molecule has 6 heteroatoms. The number of hydrogen-bond acceptors (Lipinski definition) is 4. The summed E-state index contributed by atoms with van der Waals surface area (Å²) >= 11 is 0. The molecule has 2 atom stereocenters. The third-order valence-electron chi connectivity index (χ3n) is 7.31. The van der Waals surface area contributed by atoms with E-state index in [0.717, 1.165) is 57.3 Å². The number of nitrogens with one attached hydrogen (secondary N) is 1. The second-order valence-electron chi connectivity index (χ2n) is 11.4. The van der Waals surface area contributed by atoms with Gasteiger partial charge < -0.3 is 14.8 Å². The summed E-state index contributed by atoms with van der Waals surface area (Å²) in [7, 11) is 0. The molecule has 196 valence electrons. The molecule has 1 aliphatic carbocycles. The number of piperidine rings is 1. The first-order chi connectivity index (χ1) is 17.2. The largest absolute Gasteiger partial charge is 0.444 e. The molecule has 1 saturated heterocycles. The van der Waals surface area contributed by atoms with Gasteiger partial charge in [0.1, 0.15) is 11.4 Å². The Morgan fingerprint density at radius 3 is 2.47 bits per heavy atom. The zero-order valence-electron chi connectivity index (χ0n) is 21.9. The highest BCUT2D eigenvalue weighted by molar-refractivity contribution is 5.68. The van der Waals surface area contributed by atoms with Crippen LogP contribution in [0.4, 0.5) is 9.18 Å². The van der Waals surface area contributed by atoms with E-state index >= 15 is 0 Å². The number of alkyl carbamates (subject to hydrolysis) is 1. The molecule has 36 heavy (non-hydrogen) atoms. The van der Waals surface area contributed by atoms with Crippen LogP contribution in [0.2, 0.25) is 0 Å². The minimum absolute atomic E-state index is 0.0236. The van der Waals surface area contributed by atoms with E-state index in [4.69, 9.17) is 9.47 Å². The van der Waals surface area contributed by atoms with Crippen molar-refractivity contribution in [1.29, 1.82) is 0 Å². The summed E-state index contributed by atoms with van der Waals surface area (Å²) in [5.41, 5.74) is 1.87. The normalized spacial score (nSPS) is 25.3. The Balaban J connectivity index is 1.32. The summed E-state index contributed by atoms with van der Waals surface area (Å²) in [4.78, 5) is 15.0. The number of benzene rings is 2. The molecule has 5 nitrogen and oxygen atoms in total. The maximum atomic E-state index is 13.6. The number of rotatable bonds is 7. The van der Waals surface area contributed by atoms with Crippen LogP contribution in [-0.4, -0.2) is 48.4 Å². The maximum Gasteiger partial charge on any atom is 0.407 e. The van der Waals surface area contributed by atoms with E-state index in [1.54, 1.807) is 12.1 Å². The minimum atomic E-state index is -0.523. The van der Waals surface area contributed by atoms with Gasteiger partial charge in [-0.25, -0.2) is 9.18 Å². The fourth-order valence-electron chi connectivity index (χ4n) is 5.49. The standard InChI is InChI=1S/C30H41FN2O3/c1-30(2,3)36-29(34)32-28-16-17-33(19-22-8-5-4-6-9-22)20-25(28)21-35-27-14-12-23(13-15-27)24-10-7-11-26(31)18-24/h4-11,18,23,25,27-28H,12-17,19-21H2,1-3H3,(H,32,34). The number of carbonyl (C=O) groups excluding carboxylic acids is 1. The summed E-state index contributed by atoms with van der Waals surface area (Å²) in [6, 6.07) is 17.5. The number of carbonyl (C=O) groups is 1. The van der Waals surface area contributed by atoms with Gasteiger partial charge in [0.05, 0.1) is 12.7 Å². The van der Waals surface area contributed by atoms with Crippen LogP contribution >= 0.6 is 0 Å². The van der Waals surface area contributed by atoms with E-state index in [1.165, 1.54) is 11.6 Å². The number of hydrogen-bond donors (Lipinski definition) is 1. The number of nitrogens with zero attached hydrogens (tertiary/aromatic N) is 1. The zero-order valence-corrected chi connectivity index (χ0v) is 21.9. The Bertz CT molecular complexity index is 970. The van der Waals surface area contributed by atoms with Crippen LogP contribution in [0.25, 0.3) is 0 Å². The van der Waals surface area contributed by atoms with Crippen LogP contribution in [0.1, 0.15) is 69.9 Å². The highest BCUT2D eigenvalue weighted by atomic mass is 19.1. The highest BCUT2D eigenvalue weighted by Crippen LogP contribution is 2.34. The van der Waals surface area contributed by atoms with Crippen LogP contribution in [0.15, 0.2) is 54.6 Å². The van der Waals surface area contributed by atoms with Crippen molar-refractivity contribution in [3.8, 4) is 0 Å². The summed E-state index contributed by atoms with van der Waals surface area (Å²) < 4.78 is 25.6. The molecule has 1 N–H and O–H groups in total. The molecule has 2 unspecified atom stereocenters. The Labute approximate surface area is 215 Å². The fourth-order valence-corrected chi connectivity index (χ4v) is 5.49. The molecule has 2 aromatic carbocycles. The molecule has 2 aliphatic rings. The Hall–Kier alpha value is -2.44. The average molecular weight is 497 g/mol. The molecule has 4 rings (SSSR count). The van der Waals surface area contributed by atoms with Crippen LogP contribution in [0.3, 0.4) is 0 Å². The number of amides is 1. The van der Waals surface area contributed by atoms with Gasteiger partial charge in [-0.15, -0.1) is 0 Å². The third kappa shape index (κ3) is 8.04. The molecule has 2 aromatic rings. The first-order valence-corrected chi connectivity index (χ1v) is 13.4. The number of ether oxygens (including phenoxy) is 2. The van der Waals surface area contributed by atoms with E-state index in [1.807, 2.05) is 32.9 Å². The lowest BCUT2D eigenvalue weighted by Gasteiger charge is -2.40. The smallest absolute Gasteiger partial charge is 0.407 e. The molecular formula is C30H41FN2O3. The molecule has 1 heterocycles. The van der Waals surface area contributed by atoms with Crippen molar-refractivity contribution in [2.75, 3.05) is 19.7 Å². The van der Waals surface area contributed by atoms with Crippen molar-refractivity contribution in [3.05, 3.63) is 71.5 Å². The van der Waals surface area contributed by atoms with Gasteiger partial charge in [-0.1, -0.05) is 42.5 Å². The molecule has 0 radical (unpaired) electrons. The van der Waals surface area contributed by atoms with Gasteiger partial charge in [-0.3, -0.25) is 4.90 Å². The number of halogens is 1. The van der Waals surface area contributed by atoms with Gasteiger partial charge in [0.15, 0.2) is 0 Å². The SMILES string of the molecule is CC(C)(C)OC(=O)NC1CCN(Cc2ccccc2)CC1COC1CCC(c2cccc(F)c2)CC1. The topological polar surface area (TPSA) is 50.8 Å². The monoisotopic (exact) mass is 496 g/mol. The Morgan fingerprint density at radius 2 is 1.78 bits per heavy atom. The van der Waals surface area contributed by atoms with Gasteiger partial charge in [0, 0.05) is 31.6 Å². The molecular weight excluding hydrogens is 455 g/mol. The van der Waals surface area contributed by atoms with Crippen molar-refractivity contribution >= 4 is 6.09 Å². The van der Waals surface area contributed by atoms with E-state index in [0.29, 0.717) is 12.5 Å². The van der Waals surface area contributed by atoms with Crippen molar-refractivity contribution in [2.24, 2.45) is 5.92 Å². The number of likely N-dealkylation sites (tertiary alicyclic amines) is 1. The summed E-state index contributed by atoms with van der Waals surface area (Å²) in [5, 5.41) is 3.13. The fraction of sp³-hybridized carbons (Fsp3) is 0.567. The predicted octanol–water partition coefficient (Wildman–Crippen LogP) is 6.28. The second-order valence-corrected chi connectivity index (χ2v) is 11.4. The molecule has 0 bridgehead atoms. The second kappa shape index (κ2) is 12.2. The lowest BCUT2D eigenvalue weighted by atomic mass is 9.82. The molecule has 2 fully saturated rings. The highest BCUT2D eigenvalue weighted by Gasteiger charge is 2.33. The first kappa shape index (κ1) is 26.6. The Kier molecular flexibility index (Phi) is 9.02. The van der Waals surface area contributed by atoms with Gasteiger partial charge in [-0.2, -0.15) is 0 Å². The lowest BCUT2D eigenvalue weighted by Crippen LogP contribution is -2.53. The summed E-state index contributed by atoms with van der Waals surface area (Å²) in [6.07, 6.45) is 4.70. The van der Waals surface area contributed by atoms with E-state index in [9.17, 15) is 9.18 Å². The molecule has 1 amide bonds. The zero-order chi connectivity index (χ0) is 25.5. The van der Waals surface area contributed by atoms with Crippen LogP contribution in [-0.2, 0) is 16.0 Å². The van der Waals surface area contributed by atoms with E-state index in [-0.39, 0.29) is 30.0 Å². The molecule has 1 aliphatic heterocycles.